The summed E-state index contributed by atoms with van der Waals surface area (Å²) in [7, 11) is 0. The Bertz CT molecular complexity index is 945. The van der Waals surface area contributed by atoms with Crippen molar-refractivity contribution in [1.29, 1.82) is 5.26 Å². The van der Waals surface area contributed by atoms with Gasteiger partial charge in [0.1, 0.15) is 0 Å². The Balaban J connectivity index is 1.20. The van der Waals surface area contributed by atoms with Crippen LogP contribution in [0.25, 0.3) is 0 Å². The Hall–Kier alpha value is -2.43. The van der Waals surface area contributed by atoms with Crippen LogP contribution in [0.15, 0.2) is 24.3 Å². The summed E-state index contributed by atoms with van der Waals surface area (Å²) >= 11 is 0. The quantitative estimate of drug-likeness (QED) is 0.633. The van der Waals surface area contributed by atoms with Crippen LogP contribution in [0.5, 0.6) is 0 Å². The second-order valence-corrected chi connectivity index (χ2v) is 11.3. The summed E-state index contributed by atoms with van der Waals surface area (Å²) in [5, 5.41) is 12.7. The summed E-state index contributed by atoms with van der Waals surface area (Å²) in [5.74, 6) is 0.389. The van der Waals surface area contributed by atoms with Gasteiger partial charge >= 0.3 is 0 Å². The standard InChI is InChI=1S/C29H40N4O3/c30-19-21-4-3-7-27(17-21)33-9-8-26(20-33)31-29(35)25(18-28(34)32-10-12-36-13-11-32)16-22-14-23-5-1-2-6-24(23)15-22/h1-2,5-6,21-22,25-27H,3-4,7-18,20H2,(H,31,35). The molecule has 7 nitrogen and oxygen atoms in total. The van der Waals surface area contributed by atoms with Crippen molar-refractivity contribution >= 4 is 11.8 Å². The van der Waals surface area contributed by atoms with Crippen molar-refractivity contribution in [2.24, 2.45) is 17.8 Å². The first-order valence-electron chi connectivity index (χ1n) is 14.0. The fraction of sp³-hybridized carbons (Fsp3) is 0.690. The molecule has 1 N–H and O–H groups in total. The van der Waals surface area contributed by atoms with Crippen molar-refractivity contribution in [3.05, 3.63) is 35.4 Å². The van der Waals surface area contributed by atoms with Crippen molar-refractivity contribution in [2.75, 3.05) is 39.4 Å². The number of nitrogens with one attached hydrogen (secondary N) is 1. The molecule has 4 unspecified atom stereocenters. The molecule has 2 heterocycles. The molecule has 0 bridgehead atoms. The maximum Gasteiger partial charge on any atom is 0.223 e. The minimum atomic E-state index is -0.300. The lowest BCUT2D eigenvalue weighted by Gasteiger charge is -2.33. The molecule has 36 heavy (non-hydrogen) atoms. The second-order valence-electron chi connectivity index (χ2n) is 11.3. The number of fused-ring (bicyclic) bond motifs is 1. The first-order valence-corrected chi connectivity index (χ1v) is 14.0. The van der Waals surface area contributed by atoms with E-state index < -0.39 is 0 Å². The molecular formula is C29H40N4O3. The summed E-state index contributed by atoms with van der Waals surface area (Å²) in [4.78, 5) is 31.0. The molecule has 194 valence electrons. The highest BCUT2D eigenvalue weighted by atomic mass is 16.5. The van der Waals surface area contributed by atoms with Gasteiger partial charge in [0, 0.05) is 56.5 Å². The highest BCUT2D eigenvalue weighted by Crippen LogP contribution is 2.33. The molecule has 4 atom stereocenters. The molecule has 1 aromatic carbocycles. The van der Waals surface area contributed by atoms with E-state index in [9.17, 15) is 14.9 Å². The molecule has 0 spiro atoms. The van der Waals surface area contributed by atoms with Crippen LogP contribution in [-0.2, 0) is 27.2 Å². The van der Waals surface area contributed by atoms with Crippen molar-refractivity contribution in [3.63, 3.8) is 0 Å². The summed E-state index contributed by atoms with van der Waals surface area (Å²) < 4.78 is 5.41. The Labute approximate surface area is 215 Å². The van der Waals surface area contributed by atoms with Gasteiger partial charge in [0.05, 0.1) is 19.3 Å². The van der Waals surface area contributed by atoms with E-state index in [0.29, 0.717) is 38.3 Å². The van der Waals surface area contributed by atoms with Crippen molar-refractivity contribution in [1.82, 2.24) is 15.1 Å². The van der Waals surface area contributed by atoms with Crippen LogP contribution in [0.2, 0.25) is 0 Å². The molecule has 5 rings (SSSR count). The van der Waals surface area contributed by atoms with Gasteiger partial charge in [-0.25, -0.2) is 0 Å². The number of morpholine rings is 1. The zero-order chi connectivity index (χ0) is 24.9. The normalized spacial score (nSPS) is 27.9. The highest BCUT2D eigenvalue weighted by molar-refractivity contribution is 5.86. The lowest BCUT2D eigenvalue weighted by atomic mass is 9.86. The fourth-order valence-electron chi connectivity index (χ4n) is 6.82. The lowest BCUT2D eigenvalue weighted by Crippen LogP contribution is -2.46. The predicted molar refractivity (Wildman–Crippen MR) is 137 cm³/mol. The molecule has 7 heteroatoms. The molecule has 1 saturated carbocycles. The first-order chi connectivity index (χ1) is 17.6. The average Bonchev–Trinajstić information content (AvgIpc) is 3.55. The van der Waals surface area contributed by atoms with Crippen molar-refractivity contribution in [3.8, 4) is 6.07 Å². The minimum absolute atomic E-state index is 0.0398. The molecule has 2 aliphatic carbocycles. The first kappa shape index (κ1) is 25.2. The van der Waals surface area contributed by atoms with Gasteiger partial charge in [-0.2, -0.15) is 5.26 Å². The van der Waals surface area contributed by atoms with E-state index in [1.54, 1.807) is 0 Å². The number of carbonyl (C=O) groups is 2. The summed E-state index contributed by atoms with van der Waals surface area (Å²) in [6.45, 7) is 4.21. The third kappa shape index (κ3) is 6.10. The molecule has 0 aromatic heterocycles. The van der Waals surface area contributed by atoms with E-state index in [4.69, 9.17) is 4.74 Å². The maximum absolute atomic E-state index is 13.6. The molecule has 0 radical (unpaired) electrons. The van der Waals surface area contributed by atoms with Gasteiger partial charge in [-0.05, 0) is 62.0 Å². The number of ether oxygens (including phenoxy) is 1. The lowest BCUT2D eigenvalue weighted by molar-refractivity contribution is -0.140. The maximum atomic E-state index is 13.6. The number of benzene rings is 1. The van der Waals surface area contributed by atoms with Gasteiger partial charge in [-0.15, -0.1) is 0 Å². The van der Waals surface area contributed by atoms with Gasteiger partial charge in [0.2, 0.25) is 11.8 Å². The van der Waals surface area contributed by atoms with Gasteiger partial charge in [-0.3, -0.25) is 14.5 Å². The van der Waals surface area contributed by atoms with Gasteiger partial charge in [-0.1, -0.05) is 30.7 Å². The Morgan fingerprint density at radius 3 is 2.56 bits per heavy atom. The largest absolute Gasteiger partial charge is 0.378 e. The SMILES string of the molecule is N#CC1CCCC(N2CCC(NC(=O)C(CC(=O)N3CCOCC3)CC3Cc4ccccc4C3)C2)C1. The number of nitrogens with zero attached hydrogens (tertiary/aromatic N) is 3. The number of nitriles is 1. The predicted octanol–water partition coefficient (Wildman–Crippen LogP) is 2.93. The number of rotatable bonds is 7. The zero-order valence-corrected chi connectivity index (χ0v) is 21.4. The number of likely N-dealkylation sites (tertiary alicyclic amines) is 1. The van der Waals surface area contributed by atoms with Crippen LogP contribution in [0.4, 0.5) is 0 Å². The van der Waals surface area contributed by atoms with Crippen molar-refractivity contribution in [2.45, 2.75) is 69.9 Å². The molecule has 2 amide bonds. The minimum Gasteiger partial charge on any atom is -0.378 e. The Morgan fingerprint density at radius 1 is 1.08 bits per heavy atom. The van der Waals surface area contributed by atoms with Crippen LogP contribution in [-0.4, -0.2) is 73.1 Å². The summed E-state index contributed by atoms with van der Waals surface area (Å²) in [6.07, 6.45) is 8.19. The number of hydrogen-bond donors (Lipinski definition) is 1. The number of carbonyl (C=O) groups excluding carboxylic acids is 2. The third-order valence-corrected chi connectivity index (χ3v) is 8.82. The molecule has 2 saturated heterocycles. The van der Waals surface area contributed by atoms with Gasteiger partial charge in [0.25, 0.3) is 0 Å². The monoisotopic (exact) mass is 492 g/mol. The topological polar surface area (TPSA) is 85.7 Å². The van der Waals surface area contributed by atoms with E-state index in [1.807, 2.05) is 4.90 Å². The number of amides is 2. The zero-order valence-electron chi connectivity index (χ0n) is 21.4. The van der Waals surface area contributed by atoms with Crippen molar-refractivity contribution < 1.29 is 14.3 Å². The Morgan fingerprint density at radius 2 is 1.83 bits per heavy atom. The van der Waals surface area contributed by atoms with E-state index in [2.05, 4.69) is 40.6 Å². The molecule has 3 fully saturated rings. The van der Waals surface area contributed by atoms with Crippen LogP contribution in [0.3, 0.4) is 0 Å². The average molecular weight is 493 g/mol. The fourth-order valence-corrected chi connectivity index (χ4v) is 6.82. The van der Waals surface area contributed by atoms with Gasteiger partial charge < -0.3 is 15.0 Å². The number of hydrogen-bond acceptors (Lipinski definition) is 5. The smallest absolute Gasteiger partial charge is 0.223 e. The van der Waals surface area contributed by atoms with Crippen LogP contribution in [0.1, 0.15) is 56.1 Å². The molecular weight excluding hydrogens is 452 g/mol. The second kappa shape index (κ2) is 11.7. The van der Waals surface area contributed by atoms with Crippen LogP contribution < -0.4 is 5.32 Å². The van der Waals surface area contributed by atoms with E-state index in [0.717, 1.165) is 64.5 Å². The summed E-state index contributed by atoms with van der Waals surface area (Å²) in [6, 6.07) is 11.6. The van der Waals surface area contributed by atoms with Crippen LogP contribution in [0, 0.1) is 29.1 Å². The molecule has 2 aliphatic heterocycles. The molecule has 4 aliphatic rings. The summed E-state index contributed by atoms with van der Waals surface area (Å²) in [5.41, 5.74) is 2.77. The molecule has 1 aromatic rings. The highest BCUT2D eigenvalue weighted by Gasteiger charge is 2.35. The van der Waals surface area contributed by atoms with E-state index >= 15 is 0 Å². The Kier molecular flexibility index (Phi) is 8.23. The van der Waals surface area contributed by atoms with Crippen LogP contribution >= 0.6 is 0 Å². The van der Waals surface area contributed by atoms with E-state index in [1.165, 1.54) is 11.1 Å². The van der Waals surface area contributed by atoms with E-state index in [-0.39, 0.29) is 36.1 Å². The van der Waals surface area contributed by atoms with Gasteiger partial charge in [0.15, 0.2) is 0 Å². The third-order valence-electron chi connectivity index (χ3n) is 8.82.